The number of benzene rings is 3. The highest BCUT2D eigenvalue weighted by Gasteiger charge is 2.23. The molecule has 0 radical (unpaired) electrons. The molecular weight excluding hydrogens is 459 g/mol. The molecule has 8 heteroatoms. The van der Waals surface area contributed by atoms with Crippen LogP contribution in [0, 0.1) is 5.82 Å². The van der Waals surface area contributed by atoms with Crippen molar-refractivity contribution >= 4 is 48.7 Å². The van der Waals surface area contributed by atoms with Crippen LogP contribution in [-0.4, -0.2) is 20.6 Å². The molecule has 3 aromatic carbocycles. The summed E-state index contributed by atoms with van der Waals surface area (Å²) in [6.07, 6.45) is 1.09. The van der Waals surface area contributed by atoms with Gasteiger partial charge in [-0.15, -0.1) is 11.3 Å². The summed E-state index contributed by atoms with van der Waals surface area (Å²) < 4.78 is 39.5. The van der Waals surface area contributed by atoms with Crippen LogP contribution in [0.4, 0.5) is 15.8 Å². The first kappa shape index (κ1) is 22.9. The highest BCUT2D eigenvalue weighted by molar-refractivity contribution is 7.92. The number of carbonyl (C=O) groups excluding carboxylic acids is 1. The second-order valence-corrected chi connectivity index (χ2v) is 11.2. The van der Waals surface area contributed by atoms with Crippen molar-refractivity contribution < 1.29 is 17.6 Å². The lowest BCUT2D eigenvalue weighted by molar-refractivity contribution is 0.103. The summed E-state index contributed by atoms with van der Waals surface area (Å²) in [4.78, 5) is 13.4. The molecule has 1 aromatic heterocycles. The van der Waals surface area contributed by atoms with Crippen LogP contribution in [0.1, 0.15) is 34.6 Å². The van der Waals surface area contributed by atoms with E-state index in [0.29, 0.717) is 16.3 Å². The van der Waals surface area contributed by atoms with Crippen LogP contribution in [0.2, 0.25) is 0 Å². The van der Waals surface area contributed by atoms with Crippen LogP contribution in [0.3, 0.4) is 0 Å². The molecule has 5 nitrogen and oxygen atoms in total. The molecule has 4 aromatic rings. The number of amides is 1. The van der Waals surface area contributed by atoms with Crippen molar-refractivity contribution in [3.63, 3.8) is 0 Å². The summed E-state index contributed by atoms with van der Waals surface area (Å²) >= 11 is 1.29. The maximum atomic E-state index is 13.3. The Morgan fingerprint density at radius 3 is 2.33 bits per heavy atom. The lowest BCUT2D eigenvalue weighted by Gasteiger charge is -2.26. The number of thiophene rings is 1. The summed E-state index contributed by atoms with van der Waals surface area (Å²) in [5.74, 6) is -0.524. The van der Waals surface area contributed by atoms with Crippen molar-refractivity contribution in [2.24, 2.45) is 0 Å². The zero-order valence-corrected chi connectivity index (χ0v) is 20.0. The molecule has 170 valence electrons. The fraction of sp³-hybridized carbons (Fsp3) is 0.160. The van der Waals surface area contributed by atoms with E-state index >= 15 is 0 Å². The molecule has 0 bridgehead atoms. The zero-order valence-electron chi connectivity index (χ0n) is 18.3. The van der Waals surface area contributed by atoms with Crippen LogP contribution in [0.15, 0.2) is 72.8 Å². The highest BCUT2D eigenvalue weighted by Crippen LogP contribution is 2.33. The largest absolute Gasteiger partial charge is 0.321 e. The minimum Gasteiger partial charge on any atom is -0.321 e. The van der Waals surface area contributed by atoms with Gasteiger partial charge in [0, 0.05) is 21.5 Å². The number of anilines is 2. The monoisotopic (exact) mass is 482 g/mol. The van der Waals surface area contributed by atoms with Gasteiger partial charge in [0.2, 0.25) is 10.0 Å². The van der Waals surface area contributed by atoms with Gasteiger partial charge in [-0.2, -0.15) is 0 Å². The van der Waals surface area contributed by atoms with Crippen LogP contribution in [-0.2, 0) is 15.4 Å². The molecule has 1 heterocycles. The Morgan fingerprint density at radius 2 is 1.64 bits per heavy atom. The van der Waals surface area contributed by atoms with Gasteiger partial charge in [0.05, 0.1) is 11.1 Å². The first-order chi connectivity index (χ1) is 15.5. The lowest BCUT2D eigenvalue weighted by Crippen LogP contribution is -2.19. The molecule has 0 unspecified atom stereocenters. The minimum absolute atomic E-state index is 0.245. The predicted octanol–water partition coefficient (Wildman–Crippen LogP) is 5.99. The molecule has 2 N–H and O–H groups in total. The van der Waals surface area contributed by atoms with E-state index in [4.69, 9.17) is 0 Å². The van der Waals surface area contributed by atoms with Crippen molar-refractivity contribution in [1.82, 2.24) is 0 Å². The topological polar surface area (TPSA) is 75.3 Å². The van der Waals surface area contributed by atoms with Gasteiger partial charge in [-0.3, -0.25) is 9.52 Å². The molecule has 0 aliphatic carbocycles. The van der Waals surface area contributed by atoms with Gasteiger partial charge in [-0.1, -0.05) is 44.2 Å². The number of fused-ring (bicyclic) bond motifs is 1. The number of halogens is 1. The molecule has 0 spiro atoms. The molecule has 0 saturated heterocycles. The molecule has 33 heavy (non-hydrogen) atoms. The first-order valence-corrected chi connectivity index (χ1v) is 12.9. The number of nitrogens with one attached hydrogen (secondary N) is 2. The predicted molar refractivity (Wildman–Crippen MR) is 133 cm³/mol. The normalized spacial score (nSPS) is 12.0. The number of hydrogen-bond acceptors (Lipinski definition) is 4. The smallest absolute Gasteiger partial charge is 0.265 e. The quantitative estimate of drug-likeness (QED) is 0.354. The maximum absolute atomic E-state index is 13.3. The SMILES string of the molecule is CC(C)(c1ccc(F)cc1)c1cccc(NC(=O)c2cc3ccc(NS(C)(=O)=O)cc3s2)c1. The average molecular weight is 483 g/mol. The molecule has 4 rings (SSSR count). The fourth-order valence-electron chi connectivity index (χ4n) is 3.63. The van der Waals surface area contributed by atoms with E-state index in [-0.39, 0.29) is 17.1 Å². The molecule has 0 saturated carbocycles. The Balaban J connectivity index is 1.56. The second kappa shape index (κ2) is 8.61. The van der Waals surface area contributed by atoms with Gasteiger partial charge < -0.3 is 5.32 Å². The van der Waals surface area contributed by atoms with E-state index < -0.39 is 10.0 Å². The van der Waals surface area contributed by atoms with Crippen molar-refractivity contribution in [3.05, 3.63) is 94.6 Å². The van der Waals surface area contributed by atoms with Gasteiger partial charge in [-0.05, 0) is 59.0 Å². The fourth-order valence-corrected chi connectivity index (χ4v) is 5.18. The van der Waals surface area contributed by atoms with Gasteiger partial charge in [-0.25, -0.2) is 12.8 Å². The first-order valence-electron chi connectivity index (χ1n) is 10.2. The third kappa shape index (κ3) is 5.23. The summed E-state index contributed by atoms with van der Waals surface area (Å²) in [5.41, 5.74) is 2.68. The van der Waals surface area contributed by atoms with Crippen molar-refractivity contribution in [1.29, 1.82) is 0 Å². The Kier molecular flexibility index (Phi) is 5.99. The maximum Gasteiger partial charge on any atom is 0.265 e. The third-order valence-electron chi connectivity index (χ3n) is 5.46. The van der Waals surface area contributed by atoms with Crippen LogP contribution >= 0.6 is 11.3 Å². The highest BCUT2D eigenvalue weighted by atomic mass is 32.2. The number of sulfonamides is 1. The Morgan fingerprint density at radius 1 is 0.909 bits per heavy atom. The van der Waals surface area contributed by atoms with Gasteiger partial charge >= 0.3 is 0 Å². The van der Waals surface area contributed by atoms with Crippen LogP contribution in [0.5, 0.6) is 0 Å². The molecule has 0 fully saturated rings. The van der Waals surface area contributed by atoms with E-state index in [9.17, 15) is 17.6 Å². The summed E-state index contributed by atoms with van der Waals surface area (Å²) in [6.45, 7) is 4.10. The zero-order chi connectivity index (χ0) is 23.8. The average Bonchev–Trinajstić information content (AvgIpc) is 3.17. The summed E-state index contributed by atoms with van der Waals surface area (Å²) in [7, 11) is -3.38. The molecule has 0 atom stereocenters. The van der Waals surface area contributed by atoms with E-state index in [1.807, 2.05) is 24.3 Å². The van der Waals surface area contributed by atoms with Crippen molar-refractivity contribution in [2.75, 3.05) is 16.3 Å². The van der Waals surface area contributed by atoms with Gasteiger partial charge in [0.1, 0.15) is 5.82 Å². The molecular formula is C25H23FN2O3S2. The second-order valence-electron chi connectivity index (χ2n) is 8.40. The number of carbonyl (C=O) groups is 1. The van der Waals surface area contributed by atoms with E-state index in [1.54, 1.807) is 36.4 Å². The van der Waals surface area contributed by atoms with Crippen molar-refractivity contribution in [3.8, 4) is 0 Å². The van der Waals surface area contributed by atoms with E-state index in [0.717, 1.165) is 27.5 Å². The van der Waals surface area contributed by atoms with E-state index in [1.165, 1.54) is 23.5 Å². The van der Waals surface area contributed by atoms with E-state index in [2.05, 4.69) is 23.9 Å². The third-order valence-corrected chi connectivity index (χ3v) is 7.16. The Labute approximate surface area is 196 Å². The van der Waals surface area contributed by atoms with Gasteiger partial charge in [0.15, 0.2) is 0 Å². The Bertz CT molecular complexity index is 1440. The molecule has 1 amide bonds. The summed E-state index contributed by atoms with van der Waals surface area (Å²) in [6, 6.07) is 21.0. The lowest BCUT2D eigenvalue weighted by atomic mass is 9.78. The van der Waals surface area contributed by atoms with Crippen molar-refractivity contribution in [2.45, 2.75) is 19.3 Å². The summed E-state index contributed by atoms with van der Waals surface area (Å²) in [5, 5.41) is 3.80. The van der Waals surface area contributed by atoms with Gasteiger partial charge in [0.25, 0.3) is 5.91 Å². The molecule has 0 aliphatic rings. The number of rotatable bonds is 6. The minimum atomic E-state index is -3.38. The number of hydrogen-bond donors (Lipinski definition) is 2. The van der Waals surface area contributed by atoms with Crippen LogP contribution < -0.4 is 10.0 Å². The Hall–Kier alpha value is -3.23. The van der Waals surface area contributed by atoms with Crippen LogP contribution in [0.25, 0.3) is 10.1 Å². The molecule has 0 aliphatic heterocycles. The standard InChI is InChI=1S/C25H23FN2O3S2/c1-25(2,17-8-10-19(26)11-9-17)18-5-4-6-20(14-18)27-24(29)23-13-16-7-12-21(15-22(16)32-23)28-33(3,30)31/h4-15,28H,1-3H3,(H,27,29).